The number of thiocarbonyl (C=S) groups is 1. The number of aryl methyl sites for hydroxylation is 2. The number of anilines is 1. The van der Waals surface area contributed by atoms with Gasteiger partial charge in [0.15, 0.2) is 5.11 Å². The number of hydrogen-bond donors (Lipinski definition) is 3. The van der Waals surface area contributed by atoms with E-state index in [0.717, 1.165) is 47.1 Å². The summed E-state index contributed by atoms with van der Waals surface area (Å²) in [6.07, 6.45) is 3.16. The first-order chi connectivity index (χ1) is 14.1. The lowest BCUT2D eigenvalue weighted by Crippen LogP contribution is -2.44. The van der Waals surface area contributed by atoms with Crippen LogP contribution in [0.15, 0.2) is 48.5 Å². The SMILES string of the molecule is CCc1cccc(C)c1NC(=S)NNC(=O)c1cc(C2CC2)nc2ccccc12. The molecule has 0 atom stereocenters. The maximum atomic E-state index is 12.9. The summed E-state index contributed by atoms with van der Waals surface area (Å²) in [5.41, 5.74) is 11.3. The Hall–Kier alpha value is -2.99. The van der Waals surface area contributed by atoms with Gasteiger partial charge < -0.3 is 5.32 Å². The molecule has 0 radical (unpaired) electrons. The van der Waals surface area contributed by atoms with Gasteiger partial charge in [0.05, 0.1) is 11.1 Å². The highest BCUT2D eigenvalue weighted by Crippen LogP contribution is 2.40. The second kappa shape index (κ2) is 8.17. The Morgan fingerprint density at radius 3 is 2.69 bits per heavy atom. The van der Waals surface area contributed by atoms with Crippen molar-refractivity contribution in [1.82, 2.24) is 15.8 Å². The summed E-state index contributed by atoms with van der Waals surface area (Å²) in [7, 11) is 0. The summed E-state index contributed by atoms with van der Waals surface area (Å²) in [5, 5.41) is 4.39. The molecule has 1 aliphatic carbocycles. The highest BCUT2D eigenvalue weighted by atomic mass is 32.1. The first kappa shape index (κ1) is 19.3. The summed E-state index contributed by atoms with van der Waals surface area (Å²) in [4.78, 5) is 17.6. The molecule has 1 amide bonds. The number of pyridine rings is 1. The maximum Gasteiger partial charge on any atom is 0.270 e. The number of para-hydroxylation sites is 2. The Balaban J connectivity index is 1.50. The van der Waals surface area contributed by atoms with Crippen LogP contribution < -0.4 is 16.2 Å². The summed E-state index contributed by atoms with van der Waals surface area (Å²) in [5.74, 6) is 0.241. The number of aromatic nitrogens is 1. The van der Waals surface area contributed by atoms with Crippen molar-refractivity contribution in [3.63, 3.8) is 0 Å². The molecule has 29 heavy (non-hydrogen) atoms. The van der Waals surface area contributed by atoms with E-state index in [1.807, 2.05) is 49.4 Å². The van der Waals surface area contributed by atoms with E-state index in [2.05, 4.69) is 29.2 Å². The number of nitrogens with one attached hydrogen (secondary N) is 3. The monoisotopic (exact) mass is 404 g/mol. The van der Waals surface area contributed by atoms with Crippen molar-refractivity contribution in [3.8, 4) is 0 Å². The fourth-order valence-corrected chi connectivity index (χ4v) is 3.65. The molecular formula is C23H24N4OS. The zero-order valence-corrected chi connectivity index (χ0v) is 17.4. The number of carbonyl (C=O) groups excluding carboxylic acids is 1. The van der Waals surface area contributed by atoms with E-state index in [1.54, 1.807) is 0 Å². The second-order valence-corrected chi connectivity index (χ2v) is 7.79. The minimum Gasteiger partial charge on any atom is -0.331 e. The Morgan fingerprint density at radius 2 is 1.93 bits per heavy atom. The maximum absolute atomic E-state index is 12.9. The Kier molecular flexibility index (Phi) is 5.45. The molecule has 1 heterocycles. The van der Waals surface area contributed by atoms with Gasteiger partial charge in [-0.1, -0.05) is 43.3 Å². The third-order valence-electron chi connectivity index (χ3n) is 5.24. The van der Waals surface area contributed by atoms with Gasteiger partial charge in [0.25, 0.3) is 5.91 Å². The highest BCUT2D eigenvalue weighted by molar-refractivity contribution is 7.80. The summed E-state index contributed by atoms with van der Waals surface area (Å²) < 4.78 is 0. The Bertz CT molecular complexity index is 1090. The molecule has 3 aromatic rings. The molecule has 0 aliphatic heterocycles. The molecule has 1 saturated carbocycles. The molecule has 5 nitrogen and oxygen atoms in total. The Labute approximate surface area is 175 Å². The van der Waals surface area contributed by atoms with E-state index in [4.69, 9.17) is 17.2 Å². The predicted molar refractivity (Wildman–Crippen MR) is 121 cm³/mol. The van der Waals surface area contributed by atoms with Gasteiger partial charge in [-0.05, 0) is 61.7 Å². The molecule has 0 spiro atoms. The van der Waals surface area contributed by atoms with Crippen LogP contribution in [0.25, 0.3) is 10.9 Å². The molecule has 3 N–H and O–H groups in total. The van der Waals surface area contributed by atoms with Crippen LogP contribution in [0.5, 0.6) is 0 Å². The molecule has 0 unspecified atom stereocenters. The number of fused-ring (bicyclic) bond motifs is 1. The van der Waals surface area contributed by atoms with Crippen molar-refractivity contribution in [2.45, 2.75) is 39.0 Å². The fourth-order valence-electron chi connectivity index (χ4n) is 3.50. The van der Waals surface area contributed by atoms with Gasteiger partial charge in [-0.25, -0.2) is 0 Å². The molecule has 0 bridgehead atoms. The van der Waals surface area contributed by atoms with Gasteiger partial charge in [-0.3, -0.25) is 20.6 Å². The van der Waals surface area contributed by atoms with Gasteiger partial charge in [0.2, 0.25) is 0 Å². The molecule has 1 aliphatic rings. The zero-order chi connectivity index (χ0) is 20.4. The minimum absolute atomic E-state index is 0.227. The lowest BCUT2D eigenvalue weighted by atomic mass is 10.1. The van der Waals surface area contributed by atoms with E-state index < -0.39 is 0 Å². The van der Waals surface area contributed by atoms with Crippen LogP contribution in [-0.4, -0.2) is 16.0 Å². The van der Waals surface area contributed by atoms with Gasteiger partial charge in [0, 0.05) is 22.7 Å². The van der Waals surface area contributed by atoms with Crippen LogP contribution in [0, 0.1) is 6.92 Å². The lowest BCUT2D eigenvalue weighted by Gasteiger charge is -2.16. The average Bonchev–Trinajstić information content (AvgIpc) is 3.58. The molecule has 148 valence electrons. The normalized spacial score (nSPS) is 13.2. The summed E-state index contributed by atoms with van der Waals surface area (Å²) >= 11 is 5.40. The molecule has 1 aromatic heterocycles. The highest BCUT2D eigenvalue weighted by Gasteiger charge is 2.27. The number of nitrogens with zero attached hydrogens (tertiary/aromatic N) is 1. The number of hydrazine groups is 1. The molecule has 6 heteroatoms. The molecular weight excluding hydrogens is 380 g/mol. The van der Waals surface area contributed by atoms with E-state index in [-0.39, 0.29) is 5.91 Å². The van der Waals surface area contributed by atoms with Crippen molar-refractivity contribution in [3.05, 3.63) is 70.9 Å². The van der Waals surface area contributed by atoms with Crippen LogP contribution >= 0.6 is 12.2 Å². The number of carbonyl (C=O) groups is 1. The third-order valence-corrected chi connectivity index (χ3v) is 5.45. The average molecular weight is 405 g/mol. The number of hydrogen-bond acceptors (Lipinski definition) is 3. The lowest BCUT2D eigenvalue weighted by molar-refractivity contribution is 0.0945. The third kappa shape index (κ3) is 4.22. The van der Waals surface area contributed by atoms with Gasteiger partial charge in [0.1, 0.15) is 0 Å². The predicted octanol–water partition coefficient (Wildman–Crippen LogP) is 4.61. The molecule has 2 aromatic carbocycles. The van der Waals surface area contributed by atoms with Crippen LogP contribution in [0.3, 0.4) is 0 Å². The van der Waals surface area contributed by atoms with E-state index in [0.29, 0.717) is 16.6 Å². The van der Waals surface area contributed by atoms with Gasteiger partial charge >= 0.3 is 0 Å². The smallest absolute Gasteiger partial charge is 0.270 e. The van der Waals surface area contributed by atoms with Crippen molar-refractivity contribution < 1.29 is 4.79 Å². The van der Waals surface area contributed by atoms with Crippen LogP contribution in [0.2, 0.25) is 0 Å². The number of benzene rings is 2. The van der Waals surface area contributed by atoms with Crippen molar-refractivity contribution >= 4 is 39.8 Å². The van der Waals surface area contributed by atoms with E-state index in [9.17, 15) is 4.79 Å². The first-order valence-electron chi connectivity index (χ1n) is 9.92. The number of rotatable bonds is 4. The Morgan fingerprint density at radius 1 is 1.14 bits per heavy atom. The zero-order valence-electron chi connectivity index (χ0n) is 16.6. The molecule has 0 saturated heterocycles. The first-order valence-corrected chi connectivity index (χ1v) is 10.3. The van der Waals surface area contributed by atoms with E-state index >= 15 is 0 Å². The molecule has 4 rings (SSSR count). The van der Waals surface area contributed by atoms with Crippen LogP contribution in [0.4, 0.5) is 5.69 Å². The van der Waals surface area contributed by atoms with E-state index in [1.165, 1.54) is 5.56 Å². The topological polar surface area (TPSA) is 66.0 Å². The minimum atomic E-state index is -0.227. The van der Waals surface area contributed by atoms with Crippen molar-refractivity contribution in [2.24, 2.45) is 0 Å². The quantitative estimate of drug-likeness (QED) is 0.438. The summed E-state index contributed by atoms with van der Waals surface area (Å²) in [6, 6.07) is 15.8. The molecule has 1 fully saturated rings. The number of amides is 1. The second-order valence-electron chi connectivity index (χ2n) is 7.38. The largest absolute Gasteiger partial charge is 0.331 e. The fraction of sp³-hybridized carbons (Fsp3) is 0.261. The van der Waals surface area contributed by atoms with Crippen molar-refractivity contribution in [1.29, 1.82) is 0 Å². The van der Waals surface area contributed by atoms with Gasteiger partial charge in [-0.15, -0.1) is 0 Å². The van der Waals surface area contributed by atoms with Crippen molar-refractivity contribution in [2.75, 3.05) is 5.32 Å². The van der Waals surface area contributed by atoms with Crippen LogP contribution in [0.1, 0.15) is 52.9 Å². The van der Waals surface area contributed by atoms with Gasteiger partial charge in [-0.2, -0.15) is 0 Å². The summed E-state index contributed by atoms with van der Waals surface area (Å²) in [6.45, 7) is 4.13. The standard InChI is InChI=1S/C23H24N4OS/c1-3-15-8-6-7-14(2)21(15)25-23(29)27-26-22(28)18-13-20(16-11-12-16)24-19-10-5-4-9-17(18)19/h4-10,13,16H,3,11-12H2,1-2H3,(H,26,28)(H2,25,27,29). The van der Waals surface area contributed by atoms with Crippen LogP contribution in [-0.2, 0) is 6.42 Å².